The number of nitrogens with zero attached hydrogens (tertiary/aromatic N) is 1. The van der Waals surface area contributed by atoms with Gasteiger partial charge in [0.25, 0.3) is 0 Å². The highest BCUT2D eigenvalue weighted by atomic mass is 16.4. The van der Waals surface area contributed by atoms with Gasteiger partial charge in [-0.2, -0.15) is 0 Å². The molecule has 0 aromatic heterocycles. The van der Waals surface area contributed by atoms with Crippen LogP contribution in [0, 0.1) is 17.8 Å². The van der Waals surface area contributed by atoms with E-state index in [2.05, 4.69) is 36.3 Å². The summed E-state index contributed by atoms with van der Waals surface area (Å²) in [5.41, 5.74) is 0.185. The van der Waals surface area contributed by atoms with Gasteiger partial charge in [-0.15, -0.1) is 0 Å². The predicted molar refractivity (Wildman–Crippen MR) is 124 cm³/mol. The topological polar surface area (TPSA) is 98.7 Å². The molecular weight excluding hydrogens is 394 g/mol. The number of amides is 2. The number of carbonyl (C=O) groups excluding carboxylic acids is 2. The van der Waals surface area contributed by atoms with E-state index in [1.807, 2.05) is 27.7 Å². The maximum Gasteiger partial charge on any atom is 0.331 e. The number of rotatable bonds is 10. The Hall–Kier alpha value is -1.89. The molecule has 7 nitrogen and oxygen atoms in total. The minimum Gasteiger partial charge on any atom is -0.478 e. The second kappa shape index (κ2) is 12.2. The van der Waals surface area contributed by atoms with Gasteiger partial charge in [0.15, 0.2) is 0 Å². The summed E-state index contributed by atoms with van der Waals surface area (Å²) in [6.07, 6.45) is 4.45. The Kier molecular flexibility index (Phi) is 10.7. The Morgan fingerprint density at radius 1 is 0.935 bits per heavy atom. The maximum absolute atomic E-state index is 13.2. The smallest absolute Gasteiger partial charge is 0.331 e. The Labute approximate surface area is 188 Å². The number of likely N-dealkylation sites (tertiary alicyclic amines) is 1. The van der Waals surface area contributed by atoms with Gasteiger partial charge in [0.1, 0.15) is 6.04 Å². The summed E-state index contributed by atoms with van der Waals surface area (Å²) in [5, 5.41) is 15.1. The molecule has 178 valence electrons. The molecule has 4 unspecified atom stereocenters. The quantitative estimate of drug-likeness (QED) is 0.456. The van der Waals surface area contributed by atoms with Crippen LogP contribution in [0.4, 0.5) is 0 Å². The molecule has 1 heterocycles. The molecule has 0 aromatic carbocycles. The van der Waals surface area contributed by atoms with Crippen LogP contribution in [0.15, 0.2) is 11.6 Å². The highest BCUT2D eigenvalue weighted by Gasteiger charge is 2.35. The molecule has 0 spiro atoms. The first-order chi connectivity index (χ1) is 14.4. The second-order valence-corrected chi connectivity index (χ2v) is 9.90. The summed E-state index contributed by atoms with van der Waals surface area (Å²) < 4.78 is 0. The van der Waals surface area contributed by atoms with Gasteiger partial charge >= 0.3 is 5.97 Å². The van der Waals surface area contributed by atoms with Crippen LogP contribution in [0.5, 0.6) is 0 Å². The van der Waals surface area contributed by atoms with Crippen molar-refractivity contribution in [2.24, 2.45) is 17.8 Å². The van der Waals surface area contributed by atoms with Crippen LogP contribution in [0.1, 0.15) is 74.7 Å². The van der Waals surface area contributed by atoms with E-state index in [4.69, 9.17) is 0 Å². The minimum atomic E-state index is -1.01. The van der Waals surface area contributed by atoms with Gasteiger partial charge in [0.05, 0.1) is 12.1 Å². The highest BCUT2D eigenvalue weighted by molar-refractivity contribution is 5.90. The fourth-order valence-corrected chi connectivity index (χ4v) is 3.89. The van der Waals surface area contributed by atoms with Gasteiger partial charge < -0.3 is 15.7 Å². The summed E-state index contributed by atoms with van der Waals surface area (Å²) in [4.78, 5) is 39.8. The molecule has 1 saturated heterocycles. The average Bonchev–Trinajstić information content (AvgIpc) is 2.69. The Bertz CT molecular complexity index is 657. The van der Waals surface area contributed by atoms with E-state index in [0.717, 1.165) is 25.8 Å². The highest BCUT2D eigenvalue weighted by Crippen LogP contribution is 2.23. The van der Waals surface area contributed by atoms with E-state index in [1.165, 1.54) is 6.92 Å². The van der Waals surface area contributed by atoms with Gasteiger partial charge in [0.2, 0.25) is 11.8 Å². The summed E-state index contributed by atoms with van der Waals surface area (Å²) in [5.74, 6) is -1.03. The van der Waals surface area contributed by atoms with Crippen molar-refractivity contribution in [2.75, 3.05) is 6.54 Å². The summed E-state index contributed by atoms with van der Waals surface area (Å²) in [6.45, 7) is 16.6. The van der Waals surface area contributed by atoms with Crippen molar-refractivity contribution < 1.29 is 19.5 Å². The molecule has 31 heavy (non-hydrogen) atoms. The van der Waals surface area contributed by atoms with Crippen molar-refractivity contribution in [3.63, 3.8) is 0 Å². The SMILES string of the molecule is C/C(=C\C(NC(=O)C(NC(=O)C1CCCCN1C(C)C(C)C)C(C)C)C(C)C)C(=O)O. The third-order valence-corrected chi connectivity index (χ3v) is 6.38. The van der Waals surface area contributed by atoms with Gasteiger partial charge in [-0.05, 0) is 51.0 Å². The minimum absolute atomic E-state index is 0.0162. The molecule has 0 aromatic rings. The Morgan fingerprint density at radius 3 is 2.03 bits per heavy atom. The lowest BCUT2D eigenvalue weighted by Crippen LogP contribution is -2.59. The molecule has 7 heteroatoms. The molecule has 2 amide bonds. The lowest BCUT2D eigenvalue weighted by atomic mass is 9.94. The number of carboxylic acid groups (broad SMARTS) is 1. The lowest BCUT2D eigenvalue weighted by Gasteiger charge is -2.41. The van der Waals surface area contributed by atoms with Crippen molar-refractivity contribution in [1.82, 2.24) is 15.5 Å². The van der Waals surface area contributed by atoms with Gasteiger partial charge in [-0.3, -0.25) is 14.5 Å². The number of carbonyl (C=O) groups is 3. The first-order valence-corrected chi connectivity index (χ1v) is 11.6. The lowest BCUT2D eigenvalue weighted by molar-refractivity contribution is -0.135. The normalized spacial score (nSPS) is 21.1. The zero-order chi connectivity index (χ0) is 23.9. The Morgan fingerprint density at radius 2 is 1.55 bits per heavy atom. The summed E-state index contributed by atoms with van der Waals surface area (Å²) in [7, 11) is 0. The monoisotopic (exact) mass is 437 g/mol. The maximum atomic E-state index is 13.2. The molecule has 1 fully saturated rings. The number of hydrogen-bond donors (Lipinski definition) is 3. The number of aliphatic carboxylic acids is 1. The van der Waals surface area contributed by atoms with Gasteiger partial charge in [-0.1, -0.05) is 54.0 Å². The number of piperidine rings is 1. The standard InChI is InChI=1S/C24H43N3O4/c1-14(2)18(8)27-12-10-9-11-20(27)22(28)26-21(16(5)6)23(29)25-19(15(3)4)13-17(7)24(30)31/h13-16,18-21H,9-12H2,1-8H3,(H,25,29)(H,26,28)(H,30,31)/b17-13+. The fraction of sp³-hybridized carbons (Fsp3) is 0.792. The zero-order valence-electron chi connectivity index (χ0n) is 20.6. The molecule has 0 aliphatic carbocycles. The predicted octanol–water partition coefficient (Wildman–Crippen LogP) is 3.20. The molecule has 1 rings (SSSR count). The summed E-state index contributed by atoms with van der Waals surface area (Å²) >= 11 is 0. The zero-order valence-corrected chi connectivity index (χ0v) is 20.6. The van der Waals surface area contributed by atoms with Crippen LogP contribution < -0.4 is 10.6 Å². The van der Waals surface area contributed by atoms with Gasteiger partial charge in [0, 0.05) is 11.6 Å². The van der Waals surface area contributed by atoms with Crippen LogP contribution in [0.3, 0.4) is 0 Å². The van der Waals surface area contributed by atoms with Crippen molar-refractivity contribution in [1.29, 1.82) is 0 Å². The Balaban J connectivity index is 2.97. The van der Waals surface area contributed by atoms with E-state index in [1.54, 1.807) is 6.08 Å². The molecule has 1 aliphatic rings. The van der Waals surface area contributed by atoms with E-state index in [9.17, 15) is 19.5 Å². The third-order valence-electron chi connectivity index (χ3n) is 6.38. The second-order valence-electron chi connectivity index (χ2n) is 9.90. The fourth-order valence-electron chi connectivity index (χ4n) is 3.89. The molecular formula is C24H43N3O4. The molecule has 0 saturated carbocycles. The third kappa shape index (κ3) is 7.95. The van der Waals surface area contributed by atoms with Crippen molar-refractivity contribution in [3.05, 3.63) is 11.6 Å². The van der Waals surface area contributed by atoms with E-state index >= 15 is 0 Å². The number of carboxylic acids is 1. The van der Waals surface area contributed by atoms with E-state index in [0.29, 0.717) is 5.92 Å². The molecule has 0 radical (unpaired) electrons. The van der Waals surface area contributed by atoms with Crippen molar-refractivity contribution >= 4 is 17.8 Å². The largest absolute Gasteiger partial charge is 0.478 e. The van der Waals surface area contributed by atoms with Crippen LogP contribution in [0.25, 0.3) is 0 Å². The van der Waals surface area contributed by atoms with Crippen molar-refractivity contribution in [2.45, 2.75) is 98.8 Å². The van der Waals surface area contributed by atoms with E-state index < -0.39 is 18.1 Å². The number of hydrogen-bond acceptors (Lipinski definition) is 4. The molecule has 0 bridgehead atoms. The van der Waals surface area contributed by atoms with Crippen molar-refractivity contribution in [3.8, 4) is 0 Å². The first kappa shape index (κ1) is 27.1. The van der Waals surface area contributed by atoms with Crippen LogP contribution in [-0.4, -0.2) is 58.5 Å². The molecule has 3 N–H and O–H groups in total. The van der Waals surface area contributed by atoms with Gasteiger partial charge in [-0.25, -0.2) is 4.79 Å². The first-order valence-electron chi connectivity index (χ1n) is 11.6. The molecule has 4 atom stereocenters. The van der Waals surface area contributed by atoms with Crippen LogP contribution in [-0.2, 0) is 14.4 Å². The van der Waals surface area contributed by atoms with Crippen LogP contribution >= 0.6 is 0 Å². The van der Waals surface area contributed by atoms with E-state index in [-0.39, 0.29) is 41.3 Å². The van der Waals surface area contributed by atoms with Crippen LogP contribution in [0.2, 0.25) is 0 Å². The average molecular weight is 438 g/mol. The molecule has 1 aliphatic heterocycles. The number of nitrogens with one attached hydrogen (secondary N) is 2. The summed E-state index contributed by atoms with van der Waals surface area (Å²) in [6, 6.07) is -1.04.